The smallest absolute Gasteiger partial charge is 0.313 e. The molecule has 0 saturated heterocycles. The molecule has 0 bridgehead atoms. The van der Waals surface area contributed by atoms with Crippen molar-refractivity contribution in [3.63, 3.8) is 0 Å². The maximum Gasteiger partial charge on any atom is 0.313 e. The Kier molecular flexibility index (Phi) is 5.08. The minimum atomic E-state index is -1.16. The van der Waals surface area contributed by atoms with Crippen LogP contribution in [0.15, 0.2) is 35.7 Å². The highest BCUT2D eigenvalue weighted by molar-refractivity contribution is 7.10. The average Bonchev–Trinajstić information content (AvgIpc) is 3.30. The van der Waals surface area contributed by atoms with Crippen molar-refractivity contribution in [2.24, 2.45) is 5.92 Å². The molecule has 3 N–H and O–H groups in total. The van der Waals surface area contributed by atoms with Crippen molar-refractivity contribution in [3.05, 3.63) is 51.4 Å². The summed E-state index contributed by atoms with van der Waals surface area (Å²) in [5.74, 6) is -2.33. The molecule has 8 heteroatoms. The van der Waals surface area contributed by atoms with E-state index in [0.717, 1.165) is 23.8 Å². The maximum absolute atomic E-state index is 13.1. The Bertz CT molecular complexity index is 795. The lowest BCUT2D eigenvalue weighted by atomic mass is 9.95. The lowest BCUT2D eigenvalue weighted by molar-refractivity contribution is -0.137. The number of carbonyl (C=O) groups excluding carboxylic acids is 2. The van der Waals surface area contributed by atoms with Crippen LogP contribution in [0.1, 0.15) is 17.7 Å². The van der Waals surface area contributed by atoms with Gasteiger partial charge in [0.2, 0.25) is 0 Å². The van der Waals surface area contributed by atoms with Gasteiger partial charge in [0.05, 0.1) is 11.6 Å². The van der Waals surface area contributed by atoms with Crippen LogP contribution >= 0.6 is 22.9 Å². The van der Waals surface area contributed by atoms with Crippen LogP contribution in [0.3, 0.4) is 0 Å². The summed E-state index contributed by atoms with van der Waals surface area (Å²) in [7, 11) is 0. The van der Waals surface area contributed by atoms with Crippen molar-refractivity contribution < 1.29 is 19.1 Å². The molecule has 25 heavy (non-hydrogen) atoms. The predicted molar refractivity (Wildman–Crippen MR) is 94.0 cm³/mol. The fourth-order valence-electron chi connectivity index (χ4n) is 2.58. The fraction of sp³-hybridized carbons (Fsp3) is 0.294. The van der Waals surface area contributed by atoms with Gasteiger partial charge in [-0.15, -0.1) is 11.3 Å². The van der Waals surface area contributed by atoms with Crippen LogP contribution in [0.4, 0.5) is 10.1 Å². The molecule has 1 heterocycles. The van der Waals surface area contributed by atoms with E-state index < -0.39 is 23.2 Å². The number of rotatable bonds is 5. The second-order valence-electron chi connectivity index (χ2n) is 5.94. The third kappa shape index (κ3) is 4.00. The number of benzene rings is 1. The Morgan fingerprint density at radius 1 is 1.32 bits per heavy atom. The second kappa shape index (κ2) is 7.11. The van der Waals surface area contributed by atoms with Crippen LogP contribution in [0.5, 0.6) is 0 Å². The van der Waals surface area contributed by atoms with E-state index in [1.54, 1.807) is 0 Å². The molecule has 1 aromatic carbocycles. The first-order chi connectivity index (χ1) is 11.9. The van der Waals surface area contributed by atoms with Crippen molar-refractivity contribution >= 4 is 40.4 Å². The predicted octanol–water partition coefficient (Wildman–Crippen LogP) is 2.89. The monoisotopic (exact) mass is 382 g/mol. The lowest BCUT2D eigenvalue weighted by Gasteiger charge is -2.27. The molecule has 1 saturated carbocycles. The number of hydrogen-bond acceptors (Lipinski definition) is 4. The molecule has 0 spiro atoms. The highest BCUT2D eigenvalue weighted by Gasteiger charge is 2.46. The van der Waals surface area contributed by atoms with Gasteiger partial charge < -0.3 is 15.7 Å². The number of amides is 2. The molecule has 5 nitrogen and oxygen atoms in total. The van der Waals surface area contributed by atoms with Crippen LogP contribution in [0, 0.1) is 11.7 Å². The summed E-state index contributed by atoms with van der Waals surface area (Å²) < 4.78 is 13.1. The van der Waals surface area contributed by atoms with Crippen molar-refractivity contribution in [3.8, 4) is 0 Å². The van der Waals surface area contributed by atoms with Crippen LogP contribution < -0.4 is 10.6 Å². The normalized spacial score (nSPS) is 16.1. The van der Waals surface area contributed by atoms with Gasteiger partial charge in [-0.05, 0) is 48.4 Å². The molecule has 132 valence electrons. The van der Waals surface area contributed by atoms with Crippen molar-refractivity contribution in [1.29, 1.82) is 0 Å². The van der Waals surface area contributed by atoms with Gasteiger partial charge in [-0.3, -0.25) is 9.59 Å². The summed E-state index contributed by atoms with van der Waals surface area (Å²) >= 11 is 7.05. The highest BCUT2D eigenvalue weighted by atomic mass is 35.5. The Hall–Kier alpha value is -1.96. The van der Waals surface area contributed by atoms with Crippen LogP contribution in [-0.2, 0) is 15.2 Å². The zero-order chi connectivity index (χ0) is 18.0. The lowest BCUT2D eigenvalue weighted by Crippen LogP contribution is -2.45. The van der Waals surface area contributed by atoms with E-state index in [2.05, 4.69) is 10.6 Å². The van der Waals surface area contributed by atoms with E-state index in [0.29, 0.717) is 0 Å². The third-order valence-electron chi connectivity index (χ3n) is 4.10. The maximum atomic E-state index is 13.1. The SMILES string of the molecule is O=C(NCC(O)(c1cccs1)C1CC1)C(=O)Nc1ccc(F)c(Cl)c1. The highest BCUT2D eigenvalue weighted by Crippen LogP contribution is 2.46. The molecule has 2 amide bonds. The van der Waals surface area contributed by atoms with E-state index in [-0.39, 0.29) is 23.2 Å². The summed E-state index contributed by atoms with van der Waals surface area (Å²) in [6.07, 6.45) is 1.76. The van der Waals surface area contributed by atoms with Crippen LogP contribution in [0.2, 0.25) is 5.02 Å². The van der Waals surface area contributed by atoms with Crippen molar-refractivity contribution in [2.75, 3.05) is 11.9 Å². The Balaban J connectivity index is 1.61. The van der Waals surface area contributed by atoms with Crippen molar-refractivity contribution in [1.82, 2.24) is 5.32 Å². The molecule has 2 aromatic rings. The summed E-state index contributed by atoms with van der Waals surface area (Å²) in [6, 6.07) is 7.27. The van der Waals surface area contributed by atoms with Gasteiger partial charge in [0.15, 0.2) is 0 Å². The molecular formula is C17H16ClFN2O3S. The minimum Gasteiger partial charge on any atom is -0.382 e. The first kappa shape index (κ1) is 17.8. The molecule has 1 aromatic heterocycles. The largest absolute Gasteiger partial charge is 0.382 e. The van der Waals surface area contributed by atoms with Gasteiger partial charge in [-0.1, -0.05) is 17.7 Å². The first-order valence-corrected chi connectivity index (χ1v) is 8.96. The molecule has 1 fully saturated rings. The molecular weight excluding hydrogens is 367 g/mol. The molecule has 1 unspecified atom stereocenters. The summed E-state index contributed by atoms with van der Waals surface area (Å²) in [4.78, 5) is 24.7. The summed E-state index contributed by atoms with van der Waals surface area (Å²) in [5.41, 5.74) is -0.953. The molecule has 0 aliphatic heterocycles. The van der Waals surface area contributed by atoms with Crippen LogP contribution in [-0.4, -0.2) is 23.5 Å². The van der Waals surface area contributed by atoms with Crippen molar-refractivity contribution in [2.45, 2.75) is 18.4 Å². The van der Waals surface area contributed by atoms with Gasteiger partial charge in [0, 0.05) is 10.6 Å². The number of thiophene rings is 1. The summed E-state index contributed by atoms with van der Waals surface area (Å²) in [5, 5.41) is 17.4. The Morgan fingerprint density at radius 3 is 2.68 bits per heavy atom. The number of hydrogen-bond donors (Lipinski definition) is 3. The van der Waals surface area contributed by atoms with E-state index in [1.807, 2.05) is 17.5 Å². The van der Waals surface area contributed by atoms with E-state index >= 15 is 0 Å². The molecule has 1 atom stereocenters. The van der Waals surface area contributed by atoms with E-state index in [4.69, 9.17) is 11.6 Å². The Labute approximate surface area is 152 Å². The fourth-order valence-corrected chi connectivity index (χ4v) is 3.66. The van der Waals surface area contributed by atoms with Gasteiger partial charge in [-0.2, -0.15) is 0 Å². The van der Waals surface area contributed by atoms with E-state index in [1.165, 1.54) is 23.5 Å². The van der Waals surface area contributed by atoms with Gasteiger partial charge >= 0.3 is 11.8 Å². The topological polar surface area (TPSA) is 78.4 Å². The first-order valence-electron chi connectivity index (χ1n) is 7.71. The van der Waals surface area contributed by atoms with Crippen LogP contribution in [0.25, 0.3) is 0 Å². The minimum absolute atomic E-state index is 0.0470. The molecule has 3 rings (SSSR count). The number of carbonyl (C=O) groups is 2. The van der Waals surface area contributed by atoms with E-state index in [9.17, 15) is 19.1 Å². The summed E-state index contributed by atoms with van der Waals surface area (Å²) in [6.45, 7) is -0.0470. The van der Waals surface area contributed by atoms with Gasteiger partial charge in [0.25, 0.3) is 0 Å². The van der Waals surface area contributed by atoms with Gasteiger partial charge in [0.1, 0.15) is 11.4 Å². The number of halogens is 2. The molecule has 1 aliphatic carbocycles. The number of anilines is 1. The average molecular weight is 383 g/mol. The van der Waals surface area contributed by atoms with Gasteiger partial charge in [-0.25, -0.2) is 4.39 Å². The third-order valence-corrected chi connectivity index (χ3v) is 5.43. The molecule has 1 aliphatic rings. The standard InChI is InChI=1S/C17H16ClFN2O3S/c18-12-8-11(5-6-13(12)19)21-16(23)15(22)20-9-17(24,10-3-4-10)14-2-1-7-25-14/h1-2,5-8,10,24H,3-4,9H2,(H,20,22)(H,21,23). The number of aliphatic hydroxyl groups is 1. The zero-order valence-corrected chi connectivity index (χ0v) is 14.7. The quantitative estimate of drug-likeness (QED) is 0.696. The molecule has 0 radical (unpaired) electrons. The zero-order valence-electron chi connectivity index (χ0n) is 13.1. The second-order valence-corrected chi connectivity index (χ2v) is 7.30. The Morgan fingerprint density at radius 2 is 2.08 bits per heavy atom. The number of nitrogens with one attached hydrogen (secondary N) is 2.